The maximum atomic E-state index is 13.1. The lowest BCUT2D eigenvalue weighted by atomic mass is 10.3. The first-order valence-corrected chi connectivity index (χ1v) is 4.52. The van der Waals surface area contributed by atoms with E-state index < -0.39 is 11.6 Å². The Morgan fingerprint density at radius 2 is 2.07 bits per heavy atom. The van der Waals surface area contributed by atoms with Crippen LogP contribution in [0.15, 0.2) is 12.1 Å². The molecule has 0 heterocycles. The predicted octanol–water partition coefficient (Wildman–Crippen LogP) is 2.73. The van der Waals surface area contributed by atoms with Crippen LogP contribution in [-0.4, -0.2) is 6.61 Å². The maximum Gasteiger partial charge on any atom is 0.200 e. The SMILES string of the molecule is CCCCOc1cc(N)cc(F)c1F. The van der Waals surface area contributed by atoms with Crippen LogP contribution in [0.1, 0.15) is 19.8 Å². The quantitative estimate of drug-likeness (QED) is 0.600. The summed E-state index contributed by atoms with van der Waals surface area (Å²) >= 11 is 0. The highest BCUT2D eigenvalue weighted by Gasteiger charge is 2.10. The Labute approximate surface area is 81.7 Å². The van der Waals surface area contributed by atoms with Gasteiger partial charge < -0.3 is 10.5 Å². The van der Waals surface area contributed by atoms with Crippen molar-refractivity contribution in [3.05, 3.63) is 23.8 Å². The zero-order valence-electron chi connectivity index (χ0n) is 8.02. The van der Waals surface area contributed by atoms with Crippen molar-refractivity contribution >= 4 is 5.69 Å². The van der Waals surface area contributed by atoms with Crippen LogP contribution in [0.5, 0.6) is 5.75 Å². The zero-order valence-corrected chi connectivity index (χ0v) is 8.02. The van der Waals surface area contributed by atoms with Crippen molar-refractivity contribution < 1.29 is 13.5 Å². The number of halogens is 2. The molecule has 0 saturated heterocycles. The lowest BCUT2D eigenvalue weighted by Crippen LogP contribution is -2.01. The number of anilines is 1. The van der Waals surface area contributed by atoms with Gasteiger partial charge in [-0.25, -0.2) is 4.39 Å². The molecule has 0 aliphatic carbocycles. The van der Waals surface area contributed by atoms with Crippen LogP contribution < -0.4 is 10.5 Å². The third kappa shape index (κ3) is 2.58. The van der Waals surface area contributed by atoms with Gasteiger partial charge in [-0.3, -0.25) is 0 Å². The first-order chi connectivity index (χ1) is 6.65. The van der Waals surface area contributed by atoms with Crippen LogP contribution >= 0.6 is 0 Å². The molecule has 1 aromatic carbocycles. The molecule has 0 amide bonds. The van der Waals surface area contributed by atoms with Crippen molar-refractivity contribution in [1.29, 1.82) is 0 Å². The minimum absolute atomic E-state index is 0.115. The van der Waals surface area contributed by atoms with Crippen LogP contribution in [0.25, 0.3) is 0 Å². The highest BCUT2D eigenvalue weighted by Crippen LogP contribution is 2.23. The van der Waals surface area contributed by atoms with Gasteiger partial charge in [0.1, 0.15) is 0 Å². The van der Waals surface area contributed by atoms with Gasteiger partial charge in [0.2, 0.25) is 5.82 Å². The molecule has 0 spiro atoms. The molecule has 0 unspecified atom stereocenters. The van der Waals surface area contributed by atoms with Crippen molar-refractivity contribution in [2.45, 2.75) is 19.8 Å². The second kappa shape index (κ2) is 4.79. The summed E-state index contributed by atoms with van der Waals surface area (Å²) in [7, 11) is 0. The van der Waals surface area contributed by atoms with Crippen LogP contribution in [-0.2, 0) is 0 Å². The Bertz CT molecular complexity index is 315. The Morgan fingerprint density at radius 1 is 1.36 bits per heavy atom. The Morgan fingerprint density at radius 3 is 2.71 bits per heavy atom. The molecule has 1 aromatic rings. The summed E-state index contributed by atoms with van der Waals surface area (Å²) in [6.45, 7) is 2.36. The van der Waals surface area contributed by atoms with E-state index in [1.54, 1.807) is 0 Å². The van der Waals surface area contributed by atoms with Crippen LogP contribution in [0.3, 0.4) is 0 Å². The minimum Gasteiger partial charge on any atom is -0.490 e. The van der Waals surface area contributed by atoms with Crippen LogP contribution in [0.2, 0.25) is 0 Å². The number of hydrogen-bond donors (Lipinski definition) is 1. The fourth-order valence-electron chi connectivity index (χ4n) is 1.02. The van der Waals surface area contributed by atoms with E-state index in [1.165, 1.54) is 6.07 Å². The van der Waals surface area contributed by atoms with Crippen LogP contribution in [0.4, 0.5) is 14.5 Å². The molecule has 0 radical (unpaired) electrons. The van der Waals surface area contributed by atoms with E-state index in [9.17, 15) is 8.78 Å². The summed E-state index contributed by atoms with van der Waals surface area (Å²) < 4.78 is 30.9. The van der Waals surface area contributed by atoms with E-state index in [4.69, 9.17) is 10.5 Å². The number of hydrogen-bond acceptors (Lipinski definition) is 2. The van der Waals surface area contributed by atoms with Crippen molar-refractivity contribution in [2.24, 2.45) is 0 Å². The van der Waals surface area contributed by atoms with Crippen molar-refractivity contribution in [2.75, 3.05) is 12.3 Å². The van der Waals surface area contributed by atoms with E-state index in [2.05, 4.69) is 0 Å². The summed E-state index contributed by atoms with van der Waals surface area (Å²) in [6, 6.07) is 2.22. The topological polar surface area (TPSA) is 35.2 Å². The monoisotopic (exact) mass is 201 g/mol. The van der Waals surface area contributed by atoms with Gasteiger partial charge in [-0.2, -0.15) is 4.39 Å². The molecule has 0 fully saturated rings. The van der Waals surface area contributed by atoms with Gasteiger partial charge in [-0.05, 0) is 6.42 Å². The Balaban J connectivity index is 2.75. The molecular weight excluding hydrogens is 188 g/mol. The molecule has 2 N–H and O–H groups in total. The molecule has 4 heteroatoms. The van der Waals surface area contributed by atoms with Gasteiger partial charge in [-0.1, -0.05) is 13.3 Å². The third-order valence-corrected chi connectivity index (χ3v) is 1.77. The minimum atomic E-state index is -0.977. The molecule has 0 aliphatic heterocycles. The lowest BCUT2D eigenvalue weighted by Gasteiger charge is -2.07. The number of unbranched alkanes of at least 4 members (excludes halogenated alkanes) is 1. The average molecular weight is 201 g/mol. The molecule has 78 valence electrons. The number of nitrogens with two attached hydrogens (primary N) is 1. The standard InChI is InChI=1S/C10H13F2NO/c1-2-3-4-14-9-6-7(13)5-8(11)10(9)12/h5-6H,2-4,13H2,1H3. The van der Waals surface area contributed by atoms with Gasteiger partial charge in [0.15, 0.2) is 11.6 Å². The van der Waals surface area contributed by atoms with Gasteiger partial charge in [0, 0.05) is 17.8 Å². The molecule has 14 heavy (non-hydrogen) atoms. The molecule has 1 rings (SSSR count). The van der Waals surface area contributed by atoms with Crippen LogP contribution in [0, 0.1) is 11.6 Å². The highest BCUT2D eigenvalue weighted by molar-refractivity contribution is 5.45. The highest BCUT2D eigenvalue weighted by atomic mass is 19.2. The van der Waals surface area contributed by atoms with Gasteiger partial charge in [0.25, 0.3) is 0 Å². The van der Waals surface area contributed by atoms with E-state index in [1.807, 2.05) is 6.92 Å². The van der Waals surface area contributed by atoms with Crippen molar-refractivity contribution in [3.8, 4) is 5.75 Å². The summed E-state index contributed by atoms with van der Waals surface area (Å²) in [6.07, 6.45) is 1.74. The Hall–Kier alpha value is -1.32. The molecule has 0 aliphatic rings. The van der Waals surface area contributed by atoms with Gasteiger partial charge in [-0.15, -0.1) is 0 Å². The molecule has 0 aromatic heterocycles. The third-order valence-electron chi connectivity index (χ3n) is 1.77. The van der Waals surface area contributed by atoms with Crippen molar-refractivity contribution in [1.82, 2.24) is 0 Å². The summed E-state index contributed by atoms with van der Waals surface area (Å²) in [5.74, 6) is -2.07. The molecular formula is C10H13F2NO. The van der Waals surface area contributed by atoms with E-state index >= 15 is 0 Å². The molecule has 2 nitrogen and oxygen atoms in total. The second-order valence-electron chi connectivity index (χ2n) is 3.02. The van der Waals surface area contributed by atoms with Gasteiger partial charge in [0.05, 0.1) is 6.61 Å². The van der Waals surface area contributed by atoms with E-state index in [0.717, 1.165) is 18.9 Å². The summed E-state index contributed by atoms with van der Waals surface area (Å²) in [5, 5.41) is 0. The molecule has 0 bridgehead atoms. The smallest absolute Gasteiger partial charge is 0.200 e. The second-order valence-corrected chi connectivity index (χ2v) is 3.02. The largest absolute Gasteiger partial charge is 0.490 e. The first-order valence-electron chi connectivity index (χ1n) is 4.52. The Kier molecular flexibility index (Phi) is 3.68. The van der Waals surface area contributed by atoms with E-state index in [0.29, 0.717) is 6.61 Å². The van der Waals surface area contributed by atoms with E-state index in [-0.39, 0.29) is 11.4 Å². The number of benzene rings is 1. The predicted molar refractivity (Wildman–Crippen MR) is 51.2 cm³/mol. The number of rotatable bonds is 4. The normalized spacial score (nSPS) is 10.2. The fourth-order valence-corrected chi connectivity index (χ4v) is 1.02. The number of nitrogen functional groups attached to an aromatic ring is 1. The average Bonchev–Trinajstić information content (AvgIpc) is 2.13. The van der Waals surface area contributed by atoms with Crippen molar-refractivity contribution in [3.63, 3.8) is 0 Å². The fraction of sp³-hybridized carbons (Fsp3) is 0.400. The zero-order chi connectivity index (χ0) is 10.6. The maximum absolute atomic E-state index is 13.1. The summed E-state index contributed by atoms with van der Waals surface area (Å²) in [5.41, 5.74) is 5.51. The summed E-state index contributed by atoms with van der Waals surface area (Å²) in [4.78, 5) is 0. The first kappa shape index (κ1) is 10.8. The van der Waals surface area contributed by atoms with Gasteiger partial charge >= 0.3 is 0 Å². The molecule has 0 atom stereocenters. The lowest BCUT2D eigenvalue weighted by molar-refractivity contribution is 0.289. The number of ether oxygens (including phenoxy) is 1. The molecule has 0 saturated carbocycles.